The molecule has 4 nitrogen and oxygen atoms in total. The lowest BCUT2D eigenvalue weighted by Gasteiger charge is -2.12. The molecule has 0 unspecified atom stereocenters. The maximum atomic E-state index is 14.4. The van der Waals surface area contributed by atoms with E-state index in [-0.39, 0.29) is 4.90 Å². The van der Waals surface area contributed by atoms with E-state index >= 15 is 0 Å². The second-order valence-corrected chi connectivity index (χ2v) is 7.83. The number of fused-ring (bicyclic) bond motifs is 1. The predicted octanol–water partition coefficient (Wildman–Crippen LogP) is 4.69. The molecule has 0 N–H and O–H groups in total. The number of nitrogens with zero attached hydrogens (tertiary/aromatic N) is 1. The number of para-hydroxylation sites is 1. The molecule has 0 atom stereocenters. The fourth-order valence-electron chi connectivity index (χ4n) is 3.12. The maximum absolute atomic E-state index is 14.4. The average Bonchev–Trinajstić information content (AvgIpc) is 3.14. The van der Waals surface area contributed by atoms with E-state index in [1.165, 1.54) is 35.5 Å². The molecule has 0 radical (unpaired) electrons. The highest BCUT2D eigenvalue weighted by molar-refractivity contribution is 7.90. The van der Waals surface area contributed by atoms with Crippen molar-refractivity contribution in [1.82, 2.24) is 3.97 Å². The molecule has 4 aromatic rings. The van der Waals surface area contributed by atoms with Crippen LogP contribution < -0.4 is 4.74 Å². The minimum atomic E-state index is -3.85. The molecule has 6 heteroatoms. The van der Waals surface area contributed by atoms with Gasteiger partial charge in [0.2, 0.25) is 0 Å². The van der Waals surface area contributed by atoms with E-state index in [4.69, 9.17) is 4.74 Å². The molecule has 0 aliphatic rings. The van der Waals surface area contributed by atoms with Crippen molar-refractivity contribution in [3.63, 3.8) is 0 Å². The molecule has 1 aromatic heterocycles. The summed E-state index contributed by atoms with van der Waals surface area (Å²) in [5.41, 5.74) is 1.32. The minimum Gasteiger partial charge on any atom is -0.497 e. The van der Waals surface area contributed by atoms with Crippen molar-refractivity contribution in [2.75, 3.05) is 7.11 Å². The highest BCUT2D eigenvalue weighted by atomic mass is 32.2. The summed E-state index contributed by atoms with van der Waals surface area (Å²) in [6, 6.07) is 19.5. The first-order valence-corrected chi connectivity index (χ1v) is 9.71. The van der Waals surface area contributed by atoms with Crippen LogP contribution in [0.25, 0.3) is 22.0 Å². The molecule has 4 rings (SSSR count). The lowest BCUT2D eigenvalue weighted by Crippen LogP contribution is -2.12. The van der Waals surface area contributed by atoms with Crippen molar-refractivity contribution in [2.45, 2.75) is 4.90 Å². The van der Waals surface area contributed by atoms with Gasteiger partial charge in [-0.1, -0.05) is 36.4 Å². The second kappa shape index (κ2) is 6.55. The average molecular weight is 381 g/mol. The van der Waals surface area contributed by atoms with E-state index in [1.807, 2.05) is 0 Å². The summed E-state index contributed by atoms with van der Waals surface area (Å²) < 4.78 is 47.1. The lowest BCUT2D eigenvalue weighted by molar-refractivity contribution is 0.414. The summed E-state index contributed by atoms with van der Waals surface area (Å²) in [5, 5.41) is 0.716. The van der Waals surface area contributed by atoms with Crippen molar-refractivity contribution in [3.8, 4) is 16.9 Å². The van der Waals surface area contributed by atoms with E-state index in [9.17, 15) is 12.8 Å². The van der Waals surface area contributed by atoms with Gasteiger partial charge in [-0.05, 0) is 36.4 Å². The van der Waals surface area contributed by atoms with Gasteiger partial charge >= 0.3 is 0 Å². The summed E-state index contributed by atoms with van der Waals surface area (Å²) in [4.78, 5) is 0.129. The Morgan fingerprint density at radius 1 is 0.852 bits per heavy atom. The van der Waals surface area contributed by atoms with Crippen LogP contribution in [0.1, 0.15) is 0 Å². The summed E-state index contributed by atoms with van der Waals surface area (Å²) in [7, 11) is -2.33. The van der Waals surface area contributed by atoms with Gasteiger partial charge in [-0.15, -0.1) is 0 Å². The van der Waals surface area contributed by atoms with Crippen LogP contribution in [0, 0.1) is 5.82 Å². The van der Waals surface area contributed by atoms with Gasteiger partial charge in [0.15, 0.2) is 0 Å². The maximum Gasteiger partial charge on any atom is 0.268 e. The Hall–Kier alpha value is -3.12. The van der Waals surface area contributed by atoms with Gasteiger partial charge in [-0.25, -0.2) is 16.8 Å². The third-order valence-electron chi connectivity index (χ3n) is 4.46. The first-order chi connectivity index (χ1) is 13.0. The van der Waals surface area contributed by atoms with Crippen molar-refractivity contribution >= 4 is 20.9 Å². The van der Waals surface area contributed by atoms with Gasteiger partial charge in [0.25, 0.3) is 10.0 Å². The minimum absolute atomic E-state index is 0.129. The zero-order valence-corrected chi connectivity index (χ0v) is 15.3. The van der Waals surface area contributed by atoms with Crippen LogP contribution in [-0.4, -0.2) is 19.5 Å². The van der Waals surface area contributed by atoms with Crippen LogP contribution in [0.3, 0.4) is 0 Å². The summed E-state index contributed by atoms with van der Waals surface area (Å²) in [6.45, 7) is 0. The Kier molecular flexibility index (Phi) is 4.20. The van der Waals surface area contributed by atoms with Gasteiger partial charge in [-0.3, -0.25) is 0 Å². The zero-order valence-electron chi connectivity index (χ0n) is 14.5. The predicted molar refractivity (Wildman–Crippen MR) is 103 cm³/mol. The van der Waals surface area contributed by atoms with Crippen LogP contribution in [0.5, 0.6) is 5.75 Å². The van der Waals surface area contributed by atoms with Gasteiger partial charge in [0, 0.05) is 22.7 Å². The first-order valence-electron chi connectivity index (χ1n) is 8.27. The Morgan fingerprint density at radius 3 is 2.26 bits per heavy atom. The van der Waals surface area contributed by atoms with Crippen LogP contribution in [-0.2, 0) is 10.0 Å². The largest absolute Gasteiger partial charge is 0.497 e. The molecule has 0 amide bonds. The van der Waals surface area contributed by atoms with Crippen LogP contribution in [0.15, 0.2) is 83.9 Å². The monoisotopic (exact) mass is 381 g/mol. The second-order valence-electron chi connectivity index (χ2n) is 6.02. The lowest BCUT2D eigenvalue weighted by atomic mass is 10.0. The Morgan fingerprint density at radius 2 is 1.56 bits per heavy atom. The first kappa shape index (κ1) is 17.3. The van der Waals surface area contributed by atoms with E-state index in [0.717, 1.165) is 0 Å². The Labute approximate surface area is 156 Å². The third kappa shape index (κ3) is 2.88. The van der Waals surface area contributed by atoms with E-state index < -0.39 is 15.8 Å². The number of ether oxygens (including phenoxy) is 1. The quantitative estimate of drug-likeness (QED) is 0.515. The highest BCUT2D eigenvalue weighted by Crippen LogP contribution is 2.33. The number of rotatable bonds is 4. The molecule has 0 aliphatic carbocycles. The molecule has 0 saturated heterocycles. The summed E-state index contributed by atoms with van der Waals surface area (Å²) in [5.74, 6) is 0.165. The molecule has 0 spiro atoms. The molecule has 136 valence electrons. The fraction of sp³-hybridized carbons (Fsp3) is 0.0476. The Bertz CT molecular complexity index is 1230. The SMILES string of the molecule is COc1ccc(S(=O)(=O)n2ccc3cccc(-c4ccccc4F)c32)cc1. The molecule has 0 aliphatic heterocycles. The van der Waals surface area contributed by atoms with Crippen molar-refractivity contribution in [2.24, 2.45) is 0 Å². The fourth-order valence-corrected chi connectivity index (χ4v) is 4.50. The standard InChI is InChI=1S/C21H16FNO3S/c1-26-16-9-11-17(12-10-16)27(24,25)23-14-13-15-5-4-7-19(21(15)23)18-6-2-3-8-20(18)22/h2-14H,1H3. The molecule has 0 bridgehead atoms. The molecular weight excluding hydrogens is 365 g/mol. The third-order valence-corrected chi connectivity index (χ3v) is 6.15. The van der Waals surface area contributed by atoms with Crippen LogP contribution >= 0.6 is 0 Å². The van der Waals surface area contributed by atoms with Gasteiger partial charge in [0.05, 0.1) is 17.5 Å². The molecular formula is C21H16FNO3S. The molecule has 0 fully saturated rings. The zero-order chi connectivity index (χ0) is 19.0. The number of aromatic nitrogens is 1. The molecule has 27 heavy (non-hydrogen) atoms. The van der Waals surface area contributed by atoms with E-state index in [2.05, 4.69) is 0 Å². The van der Waals surface area contributed by atoms with Crippen LogP contribution in [0.4, 0.5) is 4.39 Å². The normalized spacial score (nSPS) is 11.6. The van der Waals surface area contributed by atoms with Crippen molar-refractivity contribution in [1.29, 1.82) is 0 Å². The number of halogens is 1. The van der Waals surface area contributed by atoms with E-state index in [0.29, 0.717) is 27.8 Å². The van der Waals surface area contributed by atoms with Gasteiger partial charge in [-0.2, -0.15) is 0 Å². The highest BCUT2D eigenvalue weighted by Gasteiger charge is 2.21. The van der Waals surface area contributed by atoms with Gasteiger partial charge in [0.1, 0.15) is 11.6 Å². The number of benzene rings is 3. The molecule has 3 aromatic carbocycles. The number of hydrogen-bond acceptors (Lipinski definition) is 3. The Balaban J connectivity index is 1.96. The van der Waals surface area contributed by atoms with E-state index in [1.54, 1.807) is 54.6 Å². The van der Waals surface area contributed by atoms with Gasteiger partial charge < -0.3 is 4.74 Å². The van der Waals surface area contributed by atoms with Crippen molar-refractivity contribution in [3.05, 3.63) is 84.8 Å². The van der Waals surface area contributed by atoms with Crippen molar-refractivity contribution < 1.29 is 17.5 Å². The summed E-state index contributed by atoms with van der Waals surface area (Å²) in [6.07, 6.45) is 1.49. The molecule has 1 heterocycles. The molecule has 0 saturated carbocycles. The topological polar surface area (TPSA) is 48.3 Å². The number of hydrogen-bond donors (Lipinski definition) is 0. The smallest absolute Gasteiger partial charge is 0.268 e. The number of methoxy groups -OCH3 is 1. The van der Waals surface area contributed by atoms with Crippen LogP contribution in [0.2, 0.25) is 0 Å². The summed E-state index contributed by atoms with van der Waals surface area (Å²) >= 11 is 0.